The topological polar surface area (TPSA) is 80.2 Å². The third-order valence-electron chi connectivity index (χ3n) is 5.80. The maximum absolute atomic E-state index is 13.1. The van der Waals surface area contributed by atoms with Gasteiger partial charge in [0, 0.05) is 42.9 Å². The summed E-state index contributed by atoms with van der Waals surface area (Å²) in [6, 6.07) is 15.6. The predicted octanol–water partition coefficient (Wildman–Crippen LogP) is 4.12. The van der Waals surface area contributed by atoms with Gasteiger partial charge in [-0.2, -0.15) is 0 Å². The third-order valence-corrected chi connectivity index (χ3v) is 5.80. The van der Waals surface area contributed by atoms with Gasteiger partial charge in [0.05, 0.1) is 11.7 Å². The van der Waals surface area contributed by atoms with Crippen LogP contribution in [0.2, 0.25) is 0 Å². The zero-order chi connectivity index (χ0) is 21.0. The van der Waals surface area contributed by atoms with E-state index in [9.17, 15) is 4.79 Å². The Morgan fingerprint density at radius 3 is 2.65 bits per heavy atom. The lowest BCUT2D eigenvalue weighted by Crippen LogP contribution is -2.39. The molecule has 158 valence electrons. The highest BCUT2D eigenvalue weighted by molar-refractivity contribution is 5.82. The first-order valence-corrected chi connectivity index (χ1v) is 10.8. The van der Waals surface area contributed by atoms with Crippen molar-refractivity contribution in [2.75, 3.05) is 18.5 Å². The fourth-order valence-corrected chi connectivity index (χ4v) is 4.28. The van der Waals surface area contributed by atoms with E-state index in [2.05, 4.69) is 10.3 Å². The fourth-order valence-electron chi connectivity index (χ4n) is 4.28. The van der Waals surface area contributed by atoms with Crippen molar-refractivity contribution >= 4 is 17.4 Å². The first kappa shape index (κ1) is 19.6. The zero-order valence-electron chi connectivity index (χ0n) is 17.3. The van der Waals surface area contributed by atoms with Crippen molar-refractivity contribution in [3.8, 4) is 11.3 Å². The second kappa shape index (κ2) is 8.81. The van der Waals surface area contributed by atoms with Crippen LogP contribution in [-0.4, -0.2) is 45.0 Å². The number of ether oxygens (including phenoxy) is 1. The number of para-hydroxylation sites is 1. The molecule has 0 radical (unpaired) electrons. The largest absolute Gasteiger partial charge is 0.368 e. The van der Waals surface area contributed by atoms with E-state index in [0.717, 1.165) is 42.6 Å². The highest BCUT2D eigenvalue weighted by Crippen LogP contribution is 2.34. The van der Waals surface area contributed by atoms with E-state index in [1.807, 2.05) is 53.4 Å². The van der Waals surface area contributed by atoms with Crippen molar-refractivity contribution in [1.29, 1.82) is 0 Å². The van der Waals surface area contributed by atoms with Crippen molar-refractivity contribution in [2.24, 2.45) is 0 Å². The van der Waals surface area contributed by atoms with Crippen LogP contribution in [0.3, 0.4) is 0 Å². The van der Waals surface area contributed by atoms with E-state index in [4.69, 9.17) is 14.7 Å². The molecule has 1 amide bonds. The second-order valence-electron chi connectivity index (χ2n) is 7.91. The molecule has 0 spiro atoms. The van der Waals surface area contributed by atoms with Crippen molar-refractivity contribution in [3.63, 3.8) is 0 Å². The molecule has 0 bridgehead atoms. The molecule has 2 aliphatic rings. The maximum atomic E-state index is 13.1. The van der Waals surface area contributed by atoms with E-state index in [-0.39, 0.29) is 18.1 Å². The Morgan fingerprint density at radius 1 is 1.03 bits per heavy atom. The quantitative estimate of drug-likeness (QED) is 0.675. The van der Waals surface area contributed by atoms with E-state index < -0.39 is 0 Å². The van der Waals surface area contributed by atoms with Gasteiger partial charge in [-0.25, -0.2) is 9.97 Å². The van der Waals surface area contributed by atoms with Crippen LogP contribution < -0.4 is 5.32 Å². The number of benzene rings is 1. The molecule has 7 nitrogen and oxygen atoms in total. The monoisotopic (exact) mass is 415 g/mol. The summed E-state index contributed by atoms with van der Waals surface area (Å²) < 4.78 is 5.66. The molecule has 0 aliphatic carbocycles. The molecule has 2 unspecified atom stereocenters. The summed E-state index contributed by atoms with van der Waals surface area (Å²) in [5.74, 6) is 1.44. The summed E-state index contributed by atoms with van der Waals surface area (Å²) in [4.78, 5) is 28.8. The molecule has 4 heterocycles. The second-order valence-corrected chi connectivity index (χ2v) is 7.91. The maximum Gasteiger partial charge on any atom is 0.252 e. The van der Waals surface area contributed by atoms with E-state index >= 15 is 0 Å². The summed E-state index contributed by atoms with van der Waals surface area (Å²) >= 11 is 0. The van der Waals surface area contributed by atoms with Crippen LogP contribution in [0.1, 0.15) is 37.5 Å². The number of nitrogens with zero attached hydrogens (tertiary/aromatic N) is 4. The minimum Gasteiger partial charge on any atom is -0.368 e. The van der Waals surface area contributed by atoms with Gasteiger partial charge in [-0.05, 0) is 49.9 Å². The molecule has 31 heavy (non-hydrogen) atoms. The molecular formula is C24H25N5O2. The molecule has 2 aliphatic heterocycles. The SMILES string of the molecule is O=C(C1CCCO1)N1CCCC1c1nc(Nc2ccccc2)cc(-c2ccncc2)n1. The first-order chi connectivity index (χ1) is 15.3. The summed E-state index contributed by atoms with van der Waals surface area (Å²) in [6.45, 7) is 1.38. The van der Waals surface area contributed by atoms with Crippen molar-refractivity contribution in [2.45, 2.75) is 37.8 Å². The van der Waals surface area contributed by atoms with Crippen molar-refractivity contribution in [3.05, 3.63) is 66.7 Å². The van der Waals surface area contributed by atoms with Gasteiger partial charge in [0.25, 0.3) is 5.91 Å². The number of carbonyl (C=O) groups excluding carboxylic acids is 1. The minimum absolute atomic E-state index is 0.0653. The van der Waals surface area contributed by atoms with Crippen molar-refractivity contribution in [1.82, 2.24) is 19.9 Å². The fraction of sp³-hybridized carbons (Fsp3) is 0.333. The van der Waals surface area contributed by atoms with Gasteiger partial charge in [-0.1, -0.05) is 18.2 Å². The van der Waals surface area contributed by atoms with Crippen LogP contribution in [0.5, 0.6) is 0 Å². The molecule has 5 rings (SSSR count). The van der Waals surface area contributed by atoms with Gasteiger partial charge in [0.15, 0.2) is 5.82 Å². The zero-order valence-corrected chi connectivity index (χ0v) is 17.3. The number of amides is 1. The normalized spacial score (nSPS) is 20.7. The Kier molecular flexibility index (Phi) is 5.58. The minimum atomic E-state index is -0.328. The Balaban J connectivity index is 1.50. The number of anilines is 2. The number of hydrogen-bond acceptors (Lipinski definition) is 6. The summed E-state index contributed by atoms with van der Waals surface area (Å²) in [5.41, 5.74) is 2.72. The smallest absolute Gasteiger partial charge is 0.252 e. The summed E-state index contributed by atoms with van der Waals surface area (Å²) in [7, 11) is 0. The van der Waals surface area contributed by atoms with Gasteiger partial charge >= 0.3 is 0 Å². The molecule has 2 saturated heterocycles. The lowest BCUT2D eigenvalue weighted by molar-refractivity contribution is -0.142. The van der Waals surface area contributed by atoms with Gasteiger partial charge in [0.2, 0.25) is 0 Å². The van der Waals surface area contributed by atoms with E-state index in [1.54, 1.807) is 12.4 Å². The van der Waals surface area contributed by atoms with Crippen LogP contribution in [0, 0.1) is 0 Å². The Labute approximate surface area is 181 Å². The molecule has 1 N–H and O–H groups in total. The highest BCUT2D eigenvalue weighted by Gasteiger charge is 2.37. The molecule has 2 atom stereocenters. The van der Waals surface area contributed by atoms with Gasteiger partial charge < -0.3 is 15.0 Å². The van der Waals surface area contributed by atoms with Crippen LogP contribution in [0.25, 0.3) is 11.3 Å². The van der Waals surface area contributed by atoms with E-state index in [0.29, 0.717) is 24.8 Å². The molecular weight excluding hydrogens is 390 g/mol. The van der Waals surface area contributed by atoms with Gasteiger partial charge in [-0.15, -0.1) is 0 Å². The number of hydrogen-bond donors (Lipinski definition) is 1. The average molecular weight is 415 g/mol. The van der Waals surface area contributed by atoms with Crippen LogP contribution in [-0.2, 0) is 9.53 Å². The summed E-state index contributed by atoms with van der Waals surface area (Å²) in [5, 5.41) is 3.38. The number of rotatable bonds is 5. The number of nitrogens with one attached hydrogen (secondary N) is 1. The molecule has 2 fully saturated rings. The van der Waals surface area contributed by atoms with Crippen LogP contribution in [0.15, 0.2) is 60.9 Å². The highest BCUT2D eigenvalue weighted by atomic mass is 16.5. The van der Waals surface area contributed by atoms with Gasteiger partial charge in [0.1, 0.15) is 11.9 Å². The lowest BCUT2D eigenvalue weighted by Gasteiger charge is -2.26. The van der Waals surface area contributed by atoms with Crippen LogP contribution >= 0.6 is 0 Å². The van der Waals surface area contributed by atoms with Crippen molar-refractivity contribution < 1.29 is 9.53 Å². The third kappa shape index (κ3) is 4.27. The number of carbonyl (C=O) groups is 1. The Morgan fingerprint density at radius 2 is 1.87 bits per heavy atom. The molecule has 3 aromatic rings. The summed E-state index contributed by atoms with van der Waals surface area (Å²) in [6.07, 6.45) is 6.70. The Hall–Kier alpha value is -3.32. The standard InChI is InChI=1S/C24H25N5O2/c30-24(21-9-5-15-31-21)29-14-4-8-20(29)23-27-19(17-10-12-25-13-11-17)16-22(28-23)26-18-6-2-1-3-7-18/h1-3,6-7,10-13,16,20-21H,4-5,8-9,14-15H2,(H,26,27,28). The molecule has 7 heteroatoms. The molecule has 1 aromatic carbocycles. The lowest BCUT2D eigenvalue weighted by atomic mass is 10.1. The molecule has 0 saturated carbocycles. The average Bonchev–Trinajstić information content (AvgIpc) is 3.52. The first-order valence-electron chi connectivity index (χ1n) is 10.8. The van der Waals surface area contributed by atoms with E-state index in [1.165, 1.54) is 0 Å². The predicted molar refractivity (Wildman–Crippen MR) is 118 cm³/mol. The van der Waals surface area contributed by atoms with Gasteiger partial charge in [-0.3, -0.25) is 9.78 Å². The number of pyridine rings is 1. The Bertz CT molecular complexity index is 1040. The number of aromatic nitrogens is 3. The van der Waals surface area contributed by atoms with Crippen LogP contribution in [0.4, 0.5) is 11.5 Å². The molecule has 2 aromatic heterocycles. The number of likely N-dealkylation sites (tertiary alicyclic amines) is 1.